The Morgan fingerprint density at radius 2 is 2.13 bits per heavy atom. The number of Topliss-reactive ketones (excluding diaryl/α,β-unsaturated/α-hetero) is 1. The number of rotatable bonds is 1. The summed E-state index contributed by atoms with van der Waals surface area (Å²) in [6.07, 6.45) is -0.867. The molecule has 3 saturated carbocycles. The van der Waals surface area contributed by atoms with Gasteiger partial charge in [0.2, 0.25) is 0 Å². The van der Waals surface area contributed by atoms with Crippen LogP contribution >= 0.6 is 0 Å². The Morgan fingerprint density at radius 1 is 1.30 bits per heavy atom. The summed E-state index contributed by atoms with van der Waals surface area (Å²) >= 11 is 0. The number of carbonyl (C=O) groups is 2. The van der Waals surface area contributed by atoms with Crippen LogP contribution in [0.25, 0.3) is 0 Å². The molecule has 0 aromatic rings. The molecule has 0 aromatic carbocycles. The number of carbonyl (C=O) groups excluding carboxylic acids is 2. The molecule has 4 aliphatic rings. The van der Waals surface area contributed by atoms with E-state index in [-0.39, 0.29) is 36.6 Å². The van der Waals surface area contributed by atoms with Gasteiger partial charge in [0.25, 0.3) is 0 Å². The number of ketones is 2. The minimum Gasteiger partial charge on any atom is -0.300 e. The molecule has 4 unspecified atom stereocenters. The van der Waals surface area contributed by atoms with Crippen molar-refractivity contribution in [1.29, 1.82) is 0 Å². The van der Waals surface area contributed by atoms with Gasteiger partial charge in [-0.1, -0.05) is 19.4 Å². The van der Waals surface area contributed by atoms with Crippen LogP contribution in [0.4, 0.5) is 0 Å². The van der Waals surface area contributed by atoms with E-state index < -0.39 is 47.9 Å². The molecule has 0 radical (unpaired) electrons. The van der Waals surface area contributed by atoms with Crippen molar-refractivity contribution in [2.24, 2.45) is 34.5 Å². The summed E-state index contributed by atoms with van der Waals surface area (Å²) in [6.45, 7) is 0.894. The van der Waals surface area contributed by atoms with E-state index in [4.69, 9.17) is 11.0 Å². The van der Waals surface area contributed by atoms with E-state index in [1.54, 1.807) is 0 Å². The molecule has 0 spiro atoms. The highest BCUT2D eigenvalue weighted by Gasteiger charge is 2.59. The van der Waals surface area contributed by atoms with Crippen molar-refractivity contribution in [2.75, 3.05) is 0 Å². The standard InChI is InChI=1S/C21H30O2/c1-13(22)17-6-7-18-16-5-4-14-12-15(23)8-10-20(14,2)19(16)9-11-21(17,18)3/h12,16-19H,4-11H2,1-3H3/t16?,17-,18?,19?,20+,21-/m1/s1/i1D3,4D,8D2,12D,17D/t4?,16?,17-,18?,19?,20+,21-. The van der Waals surface area contributed by atoms with Crippen LogP contribution in [0, 0.1) is 34.5 Å². The maximum atomic E-state index is 12.8. The van der Waals surface area contributed by atoms with Gasteiger partial charge in [0.1, 0.15) is 5.78 Å². The van der Waals surface area contributed by atoms with E-state index in [1.165, 1.54) is 0 Å². The summed E-state index contributed by atoms with van der Waals surface area (Å²) in [6, 6.07) is -0.357. The van der Waals surface area contributed by atoms with E-state index in [0.29, 0.717) is 31.3 Å². The molecule has 0 amide bonds. The molecule has 2 heteroatoms. The van der Waals surface area contributed by atoms with Gasteiger partial charge in [-0.3, -0.25) is 9.59 Å². The van der Waals surface area contributed by atoms with Gasteiger partial charge in [-0.25, -0.2) is 0 Å². The van der Waals surface area contributed by atoms with Crippen molar-refractivity contribution < 1.29 is 20.6 Å². The molecular weight excluding hydrogens is 284 g/mol. The number of hydrogen-bond acceptors (Lipinski definition) is 2. The lowest BCUT2D eigenvalue weighted by Gasteiger charge is -2.58. The van der Waals surface area contributed by atoms with Gasteiger partial charge < -0.3 is 0 Å². The molecule has 2 nitrogen and oxygen atoms in total. The van der Waals surface area contributed by atoms with Crippen molar-refractivity contribution in [2.45, 2.75) is 72.0 Å². The second-order valence-electron chi connectivity index (χ2n) is 8.26. The second kappa shape index (κ2) is 5.04. The summed E-state index contributed by atoms with van der Waals surface area (Å²) in [5.74, 6) is -3.77. The van der Waals surface area contributed by atoms with Crippen molar-refractivity contribution >= 4 is 11.6 Å². The largest absolute Gasteiger partial charge is 0.300 e. The van der Waals surface area contributed by atoms with Crippen molar-refractivity contribution in [3.05, 3.63) is 11.6 Å². The van der Waals surface area contributed by atoms with Crippen molar-refractivity contribution in [3.63, 3.8) is 0 Å². The lowest BCUT2D eigenvalue weighted by atomic mass is 9.47. The number of hydrogen-bond donors (Lipinski definition) is 0. The smallest absolute Gasteiger partial charge is 0.155 e. The molecule has 0 saturated heterocycles. The zero-order valence-corrected chi connectivity index (χ0v) is 13.9. The molecule has 126 valence electrons. The van der Waals surface area contributed by atoms with E-state index >= 15 is 0 Å². The highest BCUT2D eigenvalue weighted by molar-refractivity contribution is 5.91. The second-order valence-corrected chi connectivity index (χ2v) is 8.26. The topological polar surface area (TPSA) is 34.1 Å². The van der Waals surface area contributed by atoms with Crippen LogP contribution in [-0.2, 0) is 9.59 Å². The number of allylic oxidation sites excluding steroid dienone is 1. The highest BCUT2D eigenvalue weighted by Crippen LogP contribution is 2.66. The lowest BCUT2D eigenvalue weighted by molar-refractivity contribution is -0.128. The minimum absolute atomic E-state index is 0.0588. The van der Waals surface area contributed by atoms with Crippen LogP contribution in [-0.4, -0.2) is 11.6 Å². The highest BCUT2D eigenvalue weighted by atomic mass is 16.1. The van der Waals surface area contributed by atoms with Gasteiger partial charge in [0.15, 0.2) is 5.78 Å². The van der Waals surface area contributed by atoms with E-state index in [9.17, 15) is 9.59 Å². The normalized spacial score (nSPS) is 63.7. The maximum absolute atomic E-state index is 12.8. The molecule has 0 bridgehead atoms. The molecule has 0 heterocycles. The van der Waals surface area contributed by atoms with Crippen molar-refractivity contribution in [3.8, 4) is 0 Å². The Morgan fingerprint density at radius 3 is 2.91 bits per heavy atom. The van der Waals surface area contributed by atoms with Gasteiger partial charge >= 0.3 is 0 Å². The molecule has 23 heavy (non-hydrogen) atoms. The first-order chi connectivity index (χ1) is 14.0. The molecule has 0 aliphatic heterocycles. The quantitative estimate of drug-likeness (QED) is 0.700. The van der Waals surface area contributed by atoms with Gasteiger partial charge in [0.05, 0.1) is 1.37 Å². The van der Waals surface area contributed by atoms with Gasteiger partial charge in [-0.2, -0.15) is 0 Å². The Hall–Kier alpha value is -0.920. The summed E-state index contributed by atoms with van der Waals surface area (Å²) in [5.41, 5.74) is -1.18. The molecular formula is C21H30O2. The Labute approximate surface area is 151 Å². The SMILES string of the molecule is [2H]C1=C2C([2H])CC3C(CC[C@@]4(C)C3CC[C@]4([2H])C(=O)C([2H])([2H])[2H])[C@@]2(C)CC([2H])([2H])C1=O. The Bertz CT molecular complexity index is 879. The van der Waals surface area contributed by atoms with Crippen LogP contribution in [0.1, 0.15) is 83.0 Å². The summed E-state index contributed by atoms with van der Waals surface area (Å²) in [5, 5.41) is 0. The molecule has 3 fully saturated rings. The average molecular weight is 323 g/mol. The third-order valence-electron chi connectivity index (χ3n) is 7.39. The van der Waals surface area contributed by atoms with Crippen LogP contribution in [0.15, 0.2) is 11.6 Å². The van der Waals surface area contributed by atoms with Crippen LogP contribution in [0.3, 0.4) is 0 Å². The first kappa shape index (κ1) is 8.97. The fraction of sp³-hybridized carbons (Fsp3) is 0.810. The summed E-state index contributed by atoms with van der Waals surface area (Å²) in [4.78, 5) is 25.2. The zero-order chi connectivity index (χ0) is 23.4. The van der Waals surface area contributed by atoms with E-state index in [1.807, 2.05) is 13.8 Å². The van der Waals surface area contributed by atoms with E-state index in [2.05, 4.69) is 0 Å². The first-order valence-electron chi connectivity index (χ1n) is 12.8. The Kier molecular flexibility index (Phi) is 1.96. The van der Waals surface area contributed by atoms with Gasteiger partial charge in [0, 0.05) is 21.9 Å². The Balaban J connectivity index is 1.77. The fourth-order valence-electron chi connectivity index (χ4n) is 6.13. The molecule has 7 atom stereocenters. The summed E-state index contributed by atoms with van der Waals surface area (Å²) < 4.78 is 65.3. The fourth-order valence-corrected chi connectivity index (χ4v) is 6.13. The predicted molar refractivity (Wildman–Crippen MR) is 90.9 cm³/mol. The first-order valence-corrected chi connectivity index (χ1v) is 8.74. The third-order valence-corrected chi connectivity index (χ3v) is 7.39. The third kappa shape index (κ3) is 2.06. The monoisotopic (exact) mass is 322 g/mol. The molecule has 0 N–H and O–H groups in total. The maximum Gasteiger partial charge on any atom is 0.155 e. The summed E-state index contributed by atoms with van der Waals surface area (Å²) in [7, 11) is 0. The van der Waals surface area contributed by atoms with Crippen LogP contribution in [0.2, 0.25) is 0 Å². The average Bonchev–Trinajstić information content (AvgIpc) is 2.90. The zero-order valence-electron chi connectivity index (χ0n) is 21.9. The lowest BCUT2D eigenvalue weighted by Crippen LogP contribution is -2.51. The van der Waals surface area contributed by atoms with Gasteiger partial charge in [-0.05, 0) is 86.4 Å². The molecule has 4 rings (SSSR count). The predicted octanol–water partition coefficient (Wildman–Crippen LogP) is 4.72. The van der Waals surface area contributed by atoms with Crippen LogP contribution in [0.5, 0.6) is 0 Å². The minimum atomic E-state index is -2.83. The molecule has 4 aliphatic carbocycles. The van der Waals surface area contributed by atoms with E-state index in [0.717, 1.165) is 0 Å². The van der Waals surface area contributed by atoms with Gasteiger partial charge in [-0.15, -0.1) is 0 Å². The number of fused-ring (bicyclic) bond motifs is 5. The molecule has 0 aromatic heterocycles. The van der Waals surface area contributed by atoms with Crippen molar-refractivity contribution in [1.82, 2.24) is 0 Å². The van der Waals surface area contributed by atoms with Crippen LogP contribution < -0.4 is 0 Å².